The van der Waals surface area contributed by atoms with Gasteiger partial charge in [0.2, 0.25) is 0 Å². The molecule has 0 spiro atoms. The highest BCUT2D eigenvalue weighted by Gasteiger charge is 2.35. The molecule has 0 aromatic rings. The summed E-state index contributed by atoms with van der Waals surface area (Å²) >= 11 is 0. The van der Waals surface area contributed by atoms with Crippen molar-refractivity contribution in [2.24, 2.45) is 0 Å². The minimum absolute atomic E-state index is 0.993. The number of hydrogen-bond donors (Lipinski definition) is 0. The first-order valence-electron chi connectivity index (χ1n) is 8.96. The molecule has 0 aliphatic heterocycles. The Bertz CT molecular complexity index is 297. The maximum atomic E-state index is 5.67. The van der Waals surface area contributed by atoms with E-state index in [9.17, 15) is 0 Å². The fourth-order valence-electron chi connectivity index (χ4n) is 2.69. The van der Waals surface area contributed by atoms with Crippen molar-refractivity contribution in [2.45, 2.75) is 55.9 Å². The van der Waals surface area contributed by atoms with E-state index < -0.39 is 34.5 Å². The molecule has 0 aromatic heterocycles. The van der Waals surface area contributed by atoms with Crippen LogP contribution in [0.2, 0.25) is 55.9 Å². The van der Waals surface area contributed by atoms with Crippen molar-refractivity contribution in [1.29, 1.82) is 0 Å². The van der Waals surface area contributed by atoms with Crippen LogP contribution in [0, 0.1) is 0 Å². The average molecular weight is 429 g/mol. The van der Waals surface area contributed by atoms with E-state index >= 15 is 0 Å². The topological polar surface area (TPSA) is 55.4 Å². The summed E-state index contributed by atoms with van der Waals surface area (Å²) in [5, 5.41) is 0. The Morgan fingerprint density at radius 3 is 0.840 bits per heavy atom. The second-order valence-corrected chi connectivity index (χ2v) is 21.3. The quantitative estimate of drug-likeness (QED) is 0.373. The number of rotatable bonds is 15. The van der Waals surface area contributed by atoms with Gasteiger partial charge in [-0.15, -0.1) is 0 Å². The average Bonchev–Trinajstić information content (AvgIpc) is 2.66. The van der Waals surface area contributed by atoms with Crippen LogP contribution < -0.4 is 0 Å². The molecule has 0 atom stereocenters. The lowest BCUT2D eigenvalue weighted by atomic mass is 10.9. The molecule has 152 valence electrons. The summed E-state index contributed by atoms with van der Waals surface area (Å²) in [6.07, 6.45) is 0. The molecule has 0 saturated carbocycles. The van der Waals surface area contributed by atoms with Gasteiger partial charge in [0.05, 0.1) is 0 Å². The summed E-state index contributed by atoms with van der Waals surface area (Å²) < 4.78 is 34.0. The SMILES string of the molecule is CO[Si](C)(CC[SiH](CC[Si](C)(OC)OC)CC[Si](C)(OC)OC)OC. The molecule has 0 fully saturated rings. The van der Waals surface area contributed by atoms with E-state index in [1.54, 1.807) is 42.7 Å². The first kappa shape index (κ1) is 25.6. The Hall–Kier alpha value is 0.628. The highest BCUT2D eigenvalue weighted by Crippen LogP contribution is 2.27. The van der Waals surface area contributed by atoms with Crippen LogP contribution in [0.1, 0.15) is 0 Å². The first-order chi connectivity index (χ1) is 11.6. The maximum Gasteiger partial charge on any atom is 0.334 e. The molecule has 25 heavy (non-hydrogen) atoms. The molecule has 10 heteroatoms. The van der Waals surface area contributed by atoms with Crippen LogP contribution in [-0.2, 0) is 26.6 Å². The summed E-state index contributed by atoms with van der Waals surface area (Å²) in [6.45, 7) is 6.43. The van der Waals surface area contributed by atoms with Crippen molar-refractivity contribution >= 4 is 34.5 Å². The Kier molecular flexibility index (Phi) is 12.5. The first-order valence-corrected chi connectivity index (χ1v) is 19.0. The third-order valence-electron chi connectivity index (χ3n) is 5.61. The molecule has 0 N–H and O–H groups in total. The van der Waals surface area contributed by atoms with Crippen LogP contribution in [0.3, 0.4) is 0 Å². The van der Waals surface area contributed by atoms with Crippen molar-refractivity contribution in [1.82, 2.24) is 0 Å². The lowest BCUT2D eigenvalue weighted by Crippen LogP contribution is -2.40. The zero-order chi connectivity index (χ0) is 19.6. The number of hydrogen-bond acceptors (Lipinski definition) is 6. The van der Waals surface area contributed by atoms with E-state index in [4.69, 9.17) is 26.6 Å². The molecular formula is C15H40O6Si4. The predicted octanol–water partition coefficient (Wildman–Crippen LogP) is 3.31. The van der Waals surface area contributed by atoms with Crippen LogP contribution >= 0.6 is 0 Å². The Balaban J connectivity index is 4.86. The largest absolute Gasteiger partial charge is 0.398 e. The van der Waals surface area contributed by atoms with E-state index in [0.29, 0.717) is 0 Å². The van der Waals surface area contributed by atoms with Gasteiger partial charge in [-0.1, -0.05) is 18.1 Å². The molecular weight excluding hydrogens is 389 g/mol. The molecule has 0 bridgehead atoms. The fourth-order valence-corrected chi connectivity index (χ4v) is 16.5. The lowest BCUT2D eigenvalue weighted by molar-refractivity contribution is 0.250. The molecule has 0 amide bonds. The van der Waals surface area contributed by atoms with Gasteiger partial charge in [0, 0.05) is 51.5 Å². The van der Waals surface area contributed by atoms with Gasteiger partial charge >= 0.3 is 25.7 Å². The van der Waals surface area contributed by atoms with Crippen LogP contribution in [0.5, 0.6) is 0 Å². The van der Waals surface area contributed by atoms with Crippen LogP contribution in [-0.4, -0.2) is 77.1 Å². The standard InChI is InChI=1S/C15H40O6Si4/c1-16-23(7,17-2)13-10-22(11-14-24(8,18-3)19-4)12-15-25(9,20-5)21-6/h22H,10-15H2,1-9H3. The summed E-state index contributed by atoms with van der Waals surface area (Å²) in [5.74, 6) is 0. The van der Waals surface area contributed by atoms with Gasteiger partial charge in [0.1, 0.15) is 0 Å². The summed E-state index contributed by atoms with van der Waals surface area (Å²) in [4.78, 5) is 0. The van der Waals surface area contributed by atoms with Gasteiger partial charge in [-0.25, -0.2) is 0 Å². The smallest absolute Gasteiger partial charge is 0.334 e. The van der Waals surface area contributed by atoms with Crippen molar-refractivity contribution in [3.63, 3.8) is 0 Å². The van der Waals surface area contributed by atoms with Crippen molar-refractivity contribution < 1.29 is 26.6 Å². The van der Waals surface area contributed by atoms with E-state index in [1.165, 1.54) is 18.1 Å². The van der Waals surface area contributed by atoms with E-state index in [1.807, 2.05) is 0 Å². The van der Waals surface area contributed by atoms with E-state index in [2.05, 4.69) is 19.6 Å². The third kappa shape index (κ3) is 9.40. The second kappa shape index (κ2) is 12.2. The Morgan fingerprint density at radius 2 is 0.680 bits per heavy atom. The monoisotopic (exact) mass is 428 g/mol. The summed E-state index contributed by atoms with van der Waals surface area (Å²) in [5.41, 5.74) is 0. The van der Waals surface area contributed by atoms with Gasteiger partial charge in [-0.2, -0.15) is 0 Å². The van der Waals surface area contributed by atoms with Gasteiger partial charge in [0.15, 0.2) is 0 Å². The lowest BCUT2D eigenvalue weighted by Gasteiger charge is -2.29. The van der Waals surface area contributed by atoms with Crippen LogP contribution in [0.15, 0.2) is 0 Å². The molecule has 0 aromatic carbocycles. The molecule has 0 aliphatic rings. The van der Waals surface area contributed by atoms with E-state index in [-0.39, 0.29) is 0 Å². The molecule has 0 aliphatic carbocycles. The van der Waals surface area contributed by atoms with Crippen LogP contribution in [0.4, 0.5) is 0 Å². The minimum atomic E-state index is -2.01. The summed E-state index contributed by atoms with van der Waals surface area (Å²) in [7, 11) is 3.59. The Morgan fingerprint density at radius 1 is 0.480 bits per heavy atom. The zero-order valence-corrected chi connectivity index (χ0v) is 21.9. The van der Waals surface area contributed by atoms with Gasteiger partial charge in [-0.05, 0) is 37.8 Å². The van der Waals surface area contributed by atoms with Gasteiger partial charge in [-0.3, -0.25) is 0 Å². The summed E-state index contributed by atoms with van der Waals surface area (Å²) in [6, 6.07) is 6.81. The molecule has 0 unspecified atom stereocenters. The minimum Gasteiger partial charge on any atom is -0.398 e. The predicted molar refractivity (Wildman–Crippen MR) is 113 cm³/mol. The van der Waals surface area contributed by atoms with Gasteiger partial charge in [0.25, 0.3) is 0 Å². The molecule has 0 radical (unpaired) electrons. The molecule has 0 rings (SSSR count). The van der Waals surface area contributed by atoms with Crippen molar-refractivity contribution in [3.05, 3.63) is 0 Å². The molecule has 0 saturated heterocycles. The van der Waals surface area contributed by atoms with Crippen LogP contribution in [0.25, 0.3) is 0 Å². The Labute approximate surface area is 159 Å². The highest BCUT2D eigenvalue weighted by atomic mass is 28.4. The van der Waals surface area contributed by atoms with E-state index in [0.717, 1.165) is 18.1 Å². The van der Waals surface area contributed by atoms with Crippen molar-refractivity contribution in [2.75, 3.05) is 42.7 Å². The highest BCUT2D eigenvalue weighted by molar-refractivity contribution is 6.73. The normalized spacial score (nSPS) is 13.7. The molecule has 0 heterocycles. The molecule has 6 nitrogen and oxygen atoms in total. The maximum absolute atomic E-state index is 5.67. The van der Waals surface area contributed by atoms with Gasteiger partial charge < -0.3 is 26.6 Å². The zero-order valence-electron chi connectivity index (χ0n) is 17.8. The fraction of sp³-hybridized carbons (Fsp3) is 1.00. The second-order valence-electron chi connectivity index (χ2n) is 7.11. The van der Waals surface area contributed by atoms with Crippen molar-refractivity contribution in [3.8, 4) is 0 Å². The third-order valence-corrected chi connectivity index (χ3v) is 19.4.